The molecular weight excluding hydrogens is 293 g/mol. The third kappa shape index (κ3) is 2.62. The Morgan fingerprint density at radius 1 is 1.19 bits per heavy atom. The summed E-state index contributed by atoms with van der Waals surface area (Å²) in [6, 6.07) is 11.7. The summed E-state index contributed by atoms with van der Waals surface area (Å²) in [5.74, 6) is -1.01. The molecule has 1 heterocycles. The predicted molar refractivity (Wildman–Crippen MR) is 78.8 cm³/mol. The van der Waals surface area contributed by atoms with E-state index in [1.807, 2.05) is 24.3 Å². The smallest absolute Gasteiger partial charge is 0.340 e. The van der Waals surface area contributed by atoms with Crippen molar-refractivity contribution in [3.8, 4) is 0 Å². The van der Waals surface area contributed by atoms with Crippen LogP contribution in [-0.2, 0) is 11.3 Å². The number of carbonyl (C=O) groups excluding carboxylic acids is 1. The number of aromatic amines is 1. The molecule has 0 saturated heterocycles. The van der Waals surface area contributed by atoms with E-state index >= 15 is 0 Å². The first kappa shape index (κ1) is 13.6. The number of para-hydroxylation sites is 1. The van der Waals surface area contributed by atoms with Crippen LogP contribution in [0.3, 0.4) is 0 Å². The molecule has 0 bridgehead atoms. The van der Waals surface area contributed by atoms with Gasteiger partial charge < -0.3 is 9.72 Å². The molecule has 0 saturated carbocycles. The first-order valence-corrected chi connectivity index (χ1v) is 6.71. The second-order valence-electron chi connectivity index (χ2n) is 4.52. The Kier molecular flexibility index (Phi) is 3.62. The van der Waals surface area contributed by atoms with Gasteiger partial charge in [0.15, 0.2) is 0 Å². The van der Waals surface area contributed by atoms with Crippen LogP contribution in [0.1, 0.15) is 15.9 Å². The summed E-state index contributed by atoms with van der Waals surface area (Å²) in [4.78, 5) is 15.1. The van der Waals surface area contributed by atoms with Crippen LogP contribution >= 0.6 is 11.6 Å². The molecule has 1 N–H and O–H groups in total. The lowest BCUT2D eigenvalue weighted by Crippen LogP contribution is -2.06. The third-order valence-electron chi connectivity index (χ3n) is 3.22. The molecule has 1 aromatic heterocycles. The summed E-state index contributed by atoms with van der Waals surface area (Å²) < 4.78 is 18.8. The molecule has 3 aromatic rings. The summed E-state index contributed by atoms with van der Waals surface area (Å²) >= 11 is 5.90. The Labute approximate surface area is 125 Å². The minimum atomic E-state index is -0.522. The van der Waals surface area contributed by atoms with Gasteiger partial charge in [0.1, 0.15) is 12.4 Å². The first-order valence-electron chi connectivity index (χ1n) is 6.33. The van der Waals surface area contributed by atoms with Gasteiger partial charge in [-0.3, -0.25) is 0 Å². The quantitative estimate of drug-likeness (QED) is 0.732. The number of ether oxygens (including phenoxy) is 1. The van der Waals surface area contributed by atoms with Gasteiger partial charge >= 0.3 is 5.97 Å². The highest BCUT2D eigenvalue weighted by Crippen LogP contribution is 2.22. The molecule has 0 aliphatic rings. The maximum absolute atomic E-state index is 13.6. The van der Waals surface area contributed by atoms with Gasteiger partial charge in [-0.2, -0.15) is 0 Å². The highest BCUT2D eigenvalue weighted by molar-refractivity contribution is 6.31. The van der Waals surface area contributed by atoms with Crippen LogP contribution in [-0.4, -0.2) is 11.0 Å². The van der Waals surface area contributed by atoms with E-state index in [0.717, 1.165) is 10.9 Å². The van der Waals surface area contributed by atoms with Crippen molar-refractivity contribution in [3.63, 3.8) is 0 Å². The van der Waals surface area contributed by atoms with Crippen LogP contribution in [0.4, 0.5) is 4.39 Å². The van der Waals surface area contributed by atoms with Crippen LogP contribution in [0.25, 0.3) is 10.9 Å². The number of esters is 1. The van der Waals surface area contributed by atoms with E-state index in [1.165, 1.54) is 12.1 Å². The largest absolute Gasteiger partial charge is 0.457 e. The van der Waals surface area contributed by atoms with Crippen LogP contribution in [0, 0.1) is 5.82 Å². The number of halogens is 2. The molecule has 21 heavy (non-hydrogen) atoms. The van der Waals surface area contributed by atoms with Crippen molar-refractivity contribution in [2.75, 3.05) is 0 Å². The molecule has 0 aliphatic heterocycles. The number of rotatable bonds is 3. The number of hydrogen-bond acceptors (Lipinski definition) is 2. The minimum Gasteiger partial charge on any atom is -0.457 e. The average Bonchev–Trinajstić information content (AvgIpc) is 2.90. The van der Waals surface area contributed by atoms with Crippen molar-refractivity contribution in [2.24, 2.45) is 0 Å². The molecule has 106 valence electrons. The summed E-state index contributed by atoms with van der Waals surface area (Å²) in [5.41, 5.74) is 1.43. The highest BCUT2D eigenvalue weighted by Gasteiger charge is 2.15. The standard InChI is InChI=1S/C16H11ClFNO2/c17-13-5-3-6-14(18)12(13)9-21-16(20)11-8-19-15-7-2-1-4-10(11)15/h1-8,19H,9H2. The van der Waals surface area contributed by atoms with E-state index in [2.05, 4.69) is 4.98 Å². The molecule has 3 nitrogen and oxygen atoms in total. The van der Waals surface area contributed by atoms with Gasteiger partial charge in [-0.1, -0.05) is 35.9 Å². The molecule has 0 unspecified atom stereocenters. The zero-order valence-electron chi connectivity index (χ0n) is 10.9. The first-order chi connectivity index (χ1) is 10.2. The van der Waals surface area contributed by atoms with E-state index in [1.54, 1.807) is 12.3 Å². The number of benzene rings is 2. The lowest BCUT2D eigenvalue weighted by Gasteiger charge is -2.07. The number of fused-ring (bicyclic) bond motifs is 1. The monoisotopic (exact) mass is 303 g/mol. The maximum Gasteiger partial charge on any atom is 0.340 e. The van der Waals surface area contributed by atoms with Crippen molar-refractivity contribution in [1.29, 1.82) is 0 Å². The zero-order valence-corrected chi connectivity index (χ0v) is 11.7. The van der Waals surface area contributed by atoms with Gasteiger partial charge in [0.25, 0.3) is 0 Å². The predicted octanol–water partition coefficient (Wildman–Crippen LogP) is 4.32. The summed E-state index contributed by atoms with van der Waals surface area (Å²) in [5, 5.41) is 1.00. The van der Waals surface area contributed by atoms with Gasteiger partial charge in [0.05, 0.1) is 10.6 Å². The third-order valence-corrected chi connectivity index (χ3v) is 3.57. The van der Waals surface area contributed by atoms with Crippen LogP contribution in [0.15, 0.2) is 48.7 Å². The number of carbonyl (C=O) groups is 1. The molecule has 0 radical (unpaired) electrons. The summed E-state index contributed by atoms with van der Waals surface area (Å²) in [6.07, 6.45) is 1.58. The fraction of sp³-hybridized carbons (Fsp3) is 0.0625. The number of hydrogen-bond donors (Lipinski definition) is 1. The average molecular weight is 304 g/mol. The fourth-order valence-electron chi connectivity index (χ4n) is 2.13. The number of aromatic nitrogens is 1. The summed E-state index contributed by atoms with van der Waals surface area (Å²) in [7, 11) is 0. The molecule has 0 atom stereocenters. The van der Waals surface area contributed by atoms with Gasteiger partial charge in [0.2, 0.25) is 0 Å². The van der Waals surface area contributed by atoms with E-state index in [9.17, 15) is 9.18 Å². The number of nitrogens with one attached hydrogen (secondary N) is 1. The Bertz CT molecular complexity index is 793. The van der Waals surface area contributed by atoms with Crippen molar-refractivity contribution >= 4 is 28.5 Å². The zero-order chi connectivity index (χ0) is 14.8. The lowest BCUT2D eigenvalue weighted by atomic mass is 10.2. The molecule has 2 aromatic carbocycles. The van der Waals surface area contributed by atoms with E-state index in [-0.39, 0.29) is 17.2 Å². The van der Waals surface area contributed by atoms with Gasteiger partial charge in [0, 0.05) is 22.7 Å². The van der Waals surface area contributed by atoms with Gasteiger partial charge in [-0.15, -0.1) is 0 Å². The fourth-order valence-corrected chi connectivity index (χ4v) is 2.34. The van der Waals surface area contributed by atoms with Gasteiger partial charge in [-0.05, 0) is 18.2 Å². The molecular formula is C16H11ClFNO2. The molecule has 0 fully saturated rings. The Morgan fingerprint density at radius 3 is 2.81 bits per heavy atom. The van der Waals surface area contributed by atoms with Crippen molar-refractivity contribution < 1.29 is 13.9 Å². The molecule has 0 aliphatic carbocycles. The van der Waals surface area contributed by atoms with Crippen LogP contribution < -0.4 is 0 Å². The van der Waals surface area contributed by atoms with Crippen molar-refractivity contribution in [1.82, 2.24) is 4.98 Å². The normalized spacial score (nSPS) is 10.8. The molecule has 5 heteroatoms. The van der Waals surface area contributed by atoms with E-state index in [4.69, 9.17) is 16.3 Å². The Morgan fingerprint density at radius 2 is 2.00 bits per heavy atom. The van der Waals surface area contributed by atoms with Crippen molar-refractivity contribution in [2.45, 2.75) is 6.61 Å². The van der Waals surface area contributed by atoms with Crippen molar-refractivity contribution in [3.05, 3.63) is 70.6 Å². The maximum atomic E-state index is 13.6. The Balaban J connectivity index is 1.81. The number of H-pyrrole nitrogens is 1. The van der Waals surface area contributed by atoms with E-state index < -0.39 is 11.8 Å². The van der Waals surface area contributed by atoms with Crippen LogP contribution in [0.5, 0.6) is 0 Å². The highest BCUT2D eigenvalue weighted by atomic mass is 35.5. The lowest BCUT2D eigenvalue weighted by molar-refractivity contribution is 0.0471. The second-order valence-corrected chi connectivity index (χ2v) is 4.93. The minimum absolute atomic E-state index is 0.173. The van der Waals surface area contributed by atoms with E-state index in [0.29, 0.717) is 5.56 Å². The van der Waals surface area contributed by atoms with Gasteiger partial charge in [-0.25, -0.2) is 9.18 Å². The molecule has 0 amide bonds. The topological polar surface area (TPSA) is 42.1 Å². The van der Waals surface area contributed by atoms with Crippen LogP contribution in [0.2, 0.25) is 5.02 Å². The Hall–Kier alpha value is -2.33. The second kappa shape index (κ2) is 5.58. The SMILES string of the molecule is O=C(OCc1c(F)cccc1Cl)c1c[nH]c2ccccc12. The summed E-state index contributed by atoms with van der Waals surface area (Å²) in [6.45, 7) is -0.205. The molecule has 3 rings (SSSR count). The molecule has 0 spiro atoms.